The zero-order valence-electron chi connectivity index (χ0n) is 70.5. The molecule has 5 atom stereocenters. The van der Waals surface area contributed by atoms with Crippen LogP contribution in [-0.4, -0.2) is 95.9 Å². The predicted molar refractivity (Wildman–Crippen MR) is 472 cm³/mol. The molecule has 18 heteroatoms. The van der Waals surface area contributed by atoms with Crippen molar-refractivity contribution in [2.45, 2.75) is 347 Å². The molecule has 0 saturated heterocycles. The highest BCUT2D eigenvalue weighted by atomic mass is 31.2. The molecule has 0 rings (SSSR count). The van der Waals surface area contributed by atoms with Gasteiger partial charge in [-0.05, 0) is 161 Å². The first-order valence-corrected chi connectivity index (χ1v) is 46.7. The van der Waals surface area contributed by atoms with Crippen LogP contribution in [-0.2, 0) is 55.8 Å². The summed E-state index contributed by atoms with van der Waals surface area (Å²) >= 11 is 0. The Kier molecular flexibility index (Phi) is 81.5. The van der Waals surface area contributed by atoms with Crippen LogP contribution in [0.15, 0.2) is 194 Å². The van der Waals surface area contributed by atoms with E-state index in [9.17, 15) is 43.5 Å². The van der Waals surface area contributed by atoms with Gasteiger partial charge in [-0.1, -0.05) is 344 Å². The lowest BCUT2D eigenvalue weighted by molar-refractivity contribution is -0.161. The summed E-state index contributed by atoms with van der Waals surface area (Å²) in [7, 11) is -9.83. The first kappa shape index (κ1) is 107. The largest absolute Gasteiger partial charge is 0.472 e. The van der Waals surface area contributed by atoms with Crippen LogP contribution in [0.1, 0.15) is 329 Å². The number of carbonyl (C=O) groups is 3. The van der Waals surface area contributed by atoms with Crippen LogP contribution in [0.4, 0.5) is 0 Å². The van der Waals surface area contributed by atoms with E-state index in [2.05, 4.69) is 215 Å². The maximum absolute atomic E-state index is 13.0. The van der Waals surface area contributed by atoms with E-state index < -0.39 is 91.5 Å². The molecule has 4 N–H and O–H groups in total. The van der Waals surface area contributed by atoms with Crippen LogP contribution >= 0.6 is 15.6 Å². The molecule has 0 spiro atoms. The minimum atomic E-state index is -4.96. The minimum absolute atomic E-state index is 0.0422. The van der Waals surface area contributed by atoms with Crippen LogP contribution < -0.4 is 0 Å². The van der Waals surface area contributed by atoms with Gasteiger partial charge in [-0.15, -0.1) is 0 Å². The van der Waals surface area contributed by atoms with E-state index in [-0.39, 0.29) is 19.3 Å². The number of phosphoric ester groups is 2. The van der Waals surface area contributed by atoms with E-state index in [0.29, 0.717) is 25.7 Å². The topological polar surface area (TPSA) is 231 Å². The van der Waals surface area contributed by atoms with Crippen molar-refractivity contribution in [3.8, 4) is 0 Å². The molecule has 0 aromatic heterocycles. The molecule has 0 aliphatic carbocycles. The molecule has 5 unspecified atom stereocenters. The summed E-state index contributed by atoms with van der Waals surface area (Å²) in [5.74, 6) is -1.64. The Morgan fingerprint density at radius 3 is 0.717 bits per heavy atom. The fourth-order valence-corrected chi connectivity index (χ4v) is 12.9. The lowest BCUT2D eigenvalue weighted by Gasteiger charge is -2.21. The van der Waals surface area contributed by atoms with Gasteiger partial charge in [0.2, 0.25) is 0 Å². The number of aliphatic hydroxyl groups is 2. The summed E-state index contributed by atoms with van der Waals surface area (Å²) in [6.07, 6.45) is 113. The van der Waals surface area contributed by atoms with Crippen molar-refractivity contribution in [3.63, 3.8) is 0 Å². The Morgan fingerprint density at radius 2 is 0.442 bits per heavy atom. The maximum Gasteiger partial charge on any atom is 0.472 e. The normalized spacial score (nSPS) is 14.8. The molecule has 0 amide bonds. The van der Waals surface area contributed by atoms with E-state index in [1.807, 2.05) is 0 Å². The van der Waals surface area contributed by atoms with E-state index in [1.165, 1.54) is 96.3 Å². The molecule has 113 heavy (non-hydrogen) atoms. The molecule has 0 aliphatic heterocycles. The Bertz CT molecular complexity index is 2830. The first-order valence-electron chi connectivity index (χ1n) is 43.7. The van der Waals surface area contributed by atoms with E-state index in [4.69, 9.17) is 32.3 Å². The minimum Gasteiger partial charge on any atom is -0.463 e. The number of ether oxygens (including phenoxy) is 3. The molecule has 0 radical (unpaired) electrons. The molecule has 0 bridgehead atoms. The number of esters is 3. The lowest BCUT2D eigenvalue weighted by atomic mass is 10.0. The van der Waals surface area contributed by atoms with Gasteiger partial charge in [-0.3, -0.25) is 32.5 Å². The number of carbonyl (C=O) groups excluding carboxylic acids is 3. The van der Waals surface area contributed by atoms with Gasteiger partial charge >= 0.3 is 33.6 Å². The Hall–Kier alpha value is -5.61. The van der Waals surface area contributed by atoms with Crippen LogP contribution in [0.25, 0.3) is 0 Å². The summed E-state index contributed by atoms with van der Waals surface area (Å²) in [5, 5.41) is 20.7. The molecule has 16 nitrogen and oxygen atoms in total. The molecular weight excluding hydrogens is 1460 g/mol. The SMILES string of the molecule is CC/C=C\C/C=C\C/C=C\C/C=C\C/C=C\C/C=C\CCCCC(=O)OC(COC(=O)CCCCCCCCCCCCC/C=C\C/C=C\C/C=C\C/C=C\C/C=C\CC)COP(=O)(O)OCC(O)COP(=O)(O)OCC(O)COC(=O)CCCCCCCCCCCCCCC/C=C\C/C=C\C/C=C\C/C=C\C/C=C\CC. The second-order valence-corrected chi connectivity index (χ2v) is 31.5. The highest BCUT2D eigenvalue weighted by Gasteiger charge is 2.29. The summed E-state index contributed by atoms with van der Waals surface area (Å²) in [5.41, 5.74) is 0. The van der Waals surface area contributed by atoms with Crippen LogP contribution in [0.3, 0.4) is 0 Å². The maximum atomic E-state index is 13.0. The predicted octanol–water partition coefficient (Wildman–Crippen LogP) is 26.7. The van der Waals surface area contributed by atoms with E-state index in [0.717, 1.165) is 167 Å². The van der Waals surface area contributed by atoms with Gasteiger partial charge < -0.3 is 34.2 Å². The Labute approximate surface area is 687 Å². The van der Waals surface area contributed by atoms with E-state index >= 15 is 0 Å². The van der Waals surface area contributed by atoms with Gasteiger partial charge in [0.25, 0.3) is 0 Å². The van der Waals surface area contributed by atoms with Crippen LogP contribution in [0.5, 0.6) is 0 Å². The van der Waals surface area contributed by atoms with Crippen molar-refractivity contribution in [2.75, 3.05) is 39.6 Å². The molecule has 0 saturated carbocycles. The number of aliphatic hydroxyl groups excluding tert-OH is 2. The molecule has 642 valence electrons. The number of allylic oxidation sites excluding steroid dienone is 32. The standard InChI is InChI=1S/C95H156O16P2/c1-4-7-10-13-16-19-22-25-28-31-34-37-39-41-43-44-46-48-49-52-54-57-60-63-66-69-72-75-78-81-93(98)105-84-90(96)85-107-112(101,102)108-86-91(97)87-109-113(103,104)110-89-92(111-95(100)83-80-77-74-71-68-65-62-59-56-51-36-33-30-27-24-21-18-15-12-9-6-3)88-106-94(99)82-79-76-73-70-67-64-61-58-55-53-50-47-45-42-40-38-35-32-29-26-23-20-17-14-11-8-5-2/h7-12,16-21,25-30,34-38,41-43,45,51,59,62,68,71,90-92,96-97H,4-6,13-15,22-24,31-33,39-40,44,46-50,52-58,60-61,63-67,69-70,72-89H2,1-3H3,(H,101,102)(H,103,104)/b10-7-,11-8-,12-9-,19-16-,20-17-,21-18-,28-25-,29-26-,30-27-,37-34-,38-35-,43-41-,45-42-,51-36-,62-59-,71-68-. The van der Waals surface area contributed by atoms with Gasteiger partial charge in [0.05, 0.1) is 26.4 Å². The number of phosphoric acid groups is 2. The van der Waals surface area contributed by atoms with Gasteiger partial charge in [0, 0.05) is 19.3 Å². The molecule has 0 aromatic rings. The third-order valence-electron chi connectivity index (χ3n) is 17.8. The second kappa shape index (κ2) is 85.8. The zero-order chi connectivity index (χ0) is 82.2. The Balaban J connectivity index is 4.67. The number of rotatable bonds is 81. The number of unbranched alkanes of at least 4 members (excludes halogenated alkanes) is 26. The van der Waals surface area contributed by atoms with Gasteiger partial charge in [-0.2, -0.15) is 0 Å². The van der Waals surface area contributed by atoms with Crippen molar-refractivity contribution >= 4 is 33.6 Å². The third-order valence-corrected chi connectivity index (χ3v) is 19.7. The highest BCUT2D eigenvalue weighted by Crippen LogP contribution is 2.45. The first-order chi connectivity index (χ1) is 55.2. The molecule has 0 aliphatic rings. The monoisotopic (exact) mass is 1620 g/mol. The van der Waals surface area contributed by atoms with E-state index in [1.54, 1.807) is 0 Å². The second-order valence-electron chi connectivity index (χ2n) is 28.5. The molecule has 0 heterocycles. The summed E-state index contributed by atoms with van der Waals surface area (Å²) in [6, 6.07) is 0. The number of hydrogen-bond acceptors (Lipinski definition) is 14. The smallest absolute Gasteiger partial charge is 0.463 e. The van der Waals surface area contributed by atoms with Crippen molar-refractivity contribution in [1.29, 1.82) is 0 Å². The van der Waals surface area contributed by atoms with Crippen molar-refractivity contribution in [2.24, 2.45) is 0 Å². The van der Waals surface area contributed by atoms with Gasteiger partial charge in [0.1, 0.15) is 25.4 Å². The average Bonchev–Trinajstić information content (AvgIpc) is 0.901. The van der Waals surface area contributed by atoms with Crippen molar-refractivity contribution in [3.05, 3.63) is 194 Å². The van der Waals surface area contributed by atoms with Gasteiger partial charge in [0.15, 0.2) is 6.10 Å². The molecule has 0 aromatic carbocycles. The summed E-state index contributed by atoms with van der Waals surface area (Å²) in [6.45, 7) is 2.30. The van der Waals surface area contributed by atoms with Crippen LogP contribution in [0, 0.1) is 0 Å². The van der Waals surface area contributed by atoms with Gasteiger partial charge in [-0.25, -0.2) is 9.13 Å². The van der Waals surface area contributed by atoms with Crippen LogP contribution in [0.2, 0.25) is 0 Å². The third kappa shape index (κ3) is 87.1. The van der Waals surface area contributed by atoms with Crippen molar-refractivity contribution < 1.29 is 75.8 Å². The van der Waals surface area contributed by atoms with Crippen molar-refractivity contribution in [1.82, 2.24) is 0 Å². The summed E-state index contributed by atoms with van der Waals surface area (Å²) in [4.78, 5) is 58.9. The summed E-state index contributed by atoms with van der Waals surface area (Å²) < 4.78 is 61.3. The quantitative estimate of drug-likeness (QED) is 0.0146. The molecular formula is C95H156O16P2. The molecule has 0 fully saturated rings. The Morgan fingerprint density at radius 1 is 0.248 bits per heavy atom. The highest BCUT2D eigenvalue weighted by molar-refractivity contribution is 7.47. The average molecular weight is 1620 g/mol. The zero-order valence-corrected chi connectivity index (χ0v) is 72.3. The fourth-order valence-electron chi connectivity index (χ4n) is 11.3. The number of hydrogen-bond donors (Lipinski definition) is 4. The fraction of sp³-hybridized carbons (Fsp3) is 0.632. The lowest BCUT2D eigenvalue weighted by Crippen LogP contribution is -2.30.